The van der Waals surface area contributed by atoms with Gasteiger partial charge in [0.05, 0.1) is 6.04 Å². The lowest BCUT2D eigenvalue weighted by atomic mass is 10.1. The second-order valence-corrected chi connectivity index (χ2v) is 5.47. The van der Waals surface area contributed by atoms with Crippen LogP contribution in [0.3, 0.4) is 0 Å². The summed E-state index contributed by atoms with van der Waals surface area (Å²) >= 11 is 0. The van der Waals surface area contributed by atoms with E-state index in [1.54, 1.807) is 0 Å². The predicted octanol–water partition coefficient (Wildman–Crippen LogP) is 3.66. The van der Waals surface area contributed by atoms with Crippen LogP contribution in [0, 0.1) is 11.6 Å². The zero-order valence-corrected chi connectivity index (χ0v) is 12.6. The minimum atomic E-state index is -0.578. The van der Waals surface area contributed by atoms with E-state index < -0.39 is 11.6 Å². The molecule has 0 amide bonds. The van der Waals surface area contributed by atoms with Crippen molar-refractivity contribution in [3.05, 3.63) is 47.1 Å². The Morgan fingerprint density at radius 1 is 1.24 bits per heavy atom. The lowest BCUT2D eigenvalue weighted by Gasteiger charge is -2.21. The molecule has 1 aromatic heterocycles. The van der Waals surface area contributed by atoms with Crippen LogP contribution < -0.4 is 0 Å². The molecule has 0 bridgehead atoms. The van der Waals surface area contributed by atoms with Gasteiger partial charge in [-0.15, -0.1) is 0 Å². The summed E-state index contributed by atoms with van der Waals surface area (Å²) in [6.45, 7) is 6.19. The number of rotatable bonds is 5. The van der Waals surface area contributed by atoms with Crippen molar-refractivity contribution in [2.45, 2.75) is 39.3 Å². The smallest absolute Gasteiger partial charge is 0.243 e. The van der Waals surface area contributed by atoms with E-state index in [0.717, 1.165) is 6.07 Å². The summed E-state index contributed by atoms with van der Waals surface area (Å²) in [5.74, 6) is 0.198. The lowest BCUT2D eigenvalue weighted by molar-refractivity contribution is 0.200. The Bertz CT molecular complexity index is 613. The van der Waals surface area contributed by atoms with Crippen molar-refractivity contribution in [3.8, 4) is 0 Å². The van der Waals surface area contributed by atoms with E-state index in [1.807, 2.05) is 32.7 Å². The average Bonchev–Trinajstić information content (AvgIpc) is 2.90. The molecule has 1 aromatic carbocycles. The molecule has 0 aliphatic rings. The van der Waals surface area contributed by atoms with E-state index in [0.29, 0.717) is 23.8 Å². The van der Waals surface area contributed by atoms with Gasteiger partial charge in [0.1, 0.15) is 11.6 Å². The van der Waals surface area contributed by atoms with Gasteiger partial charge in [-0.25, -0.2) is 8.78 Å². The van der Waals surface area contributed by atoms with Crippen molar-refractivity contribution in [3.63, 3.8) is 0 Å². The number of nitrogens with zero attached hydrogens (tertiary/aromatic N) is 3. The fraction of sp³-hybridized carbons (Fsp3) is 0.467. The van der Waals surface area contributed by atoms with Crippen LogP contribution in [0.25, 0.3) is 0 Å². The van der Waals surface area contributed by atoms with Crippen LogP contribution >= 0.6 is 0 Å². The maximum absolute atomic E-state index is 13.7. The highest BCUT2D eigenvalue weighted by atomic mass is 19.1. The van der Waals surface area contributed by atoms with Crippen LogP contribution in [0.4, 0.5) is 8.78 Å². The molecule has 2 aromatic rings. The first-order valence-electron chi connectivity index (χ1n) is 6.86. The molecule has 1 heterocycles. The van der Waals surface area contributed by atoms with Gasteiger partial charge < -0.3 is 4.52 Å². The molecule has 0 aliphatic heterocycles. The van der Waals surface area contributed by atoms with Gasteiger partial charge in [-0.3, -0.25) is 4.90 Å². The van der Waals surface area contributed by atoms with Crippen molar-refractivity contribution < 1.29 is 13.3 Å². The molecule has 0 radical (unpaired) electrons. The van der Waals surface area contributed by atoms with Gasteiger partial charge in [0, 0.05) is 24.1 Å². The topological polar surface area (TPSA) is 42.2 Å². The third-order valence-electron chi connectivity index (χ3n) is 3.43. The molecule has 114 valence electrons. The molecule has 21 heavy (non-hydrogen) atoms. The Morgan fingerprint density at radius 2 is 1.95 bits per heavy atom. The molecule has 0 unspecified atom stereocenters. The summed E-state index contributed by atoms with van der Waals surface area (Å²) in [4.78, 5) is 6.20. The average molecular weight is 295 g/mol. The molecule has 0 saturated heterocycles. The van der Waals surface area contributed by atoms with E-state index in [9.17, 15) is 8.78 Å². The number of hydrogen-bond donors (Lipinski definition) is 0. The van der Waals surface area contributed by atoms with Crippen LogP contribution in [-0.2, 0) is 6.54 Å². The van der Waals surface area contributed by atoms with E-state index in [1.165, 1.54) is 12.1 Å². The quantitative estimate of drug-likeness (QED) is 0.844. The fourth-order valence-electron chi connectivity index (χ4n) is 1.90. The predicted molar refractivity (Wildman–Crippen MR) is 74.6 cm³/mol. The number of halogens is 2. The molecular formula is C15H19F2N3O. The van der Waals surface area contributed by atoms with Gasteiger partial charge >= 0.3 is 0 Å². The highest BCUT2D eigenvalue weighted by Crippen LogP contribution is 2.22. The summed E-state index contributed by atoms with van der Waals surface area (Å²) in [5.41, 5.74) is 0.425. The fourth-order valence-corrected chi connectivity index (χ4v) is 1.90. The van der Waals surface area contributed by atoms with Gasteiger partial charge in [-0.05, 0) is 20.0 Å². The second kappa shape index (κ2) is 6.30. The third kappa shape index (κ3) is 3.64. The largest absolute Gasteiger partial charge is 0.338 e. The summed E-state index contributed by atoms with van der Waals surface area (Å²) in [6.07, 6.45) is 0. The Balaban J connectivity index is 2.09. The Morgan fingerprint density at radius 3 is 2.52 bits per heavy atom. The van der Waals surface area contributed by atoms with Gasteiger partial charge in [-0.2, -0.15) is 4.98 Å². The molecule has 4 nitrogen and oxygen atoms in total. The first-order chi connectivity index (χ1) is 9.88. The van der Waals surface area contributed by atoms with E-state index >= 15 is 0 Å². The van der Waals surface area contributed by atoms with Crippen LogP contribution in [0.2, 0.25) is 0 Å². The first-order valence-corrected chi connectivity index (χ1v) is 6.86. The molecule has 0 fully saturated rings. The van der Waals surface area contributed by atoms with E-state index in [2.05, 4.69) is 10.1 Å². The van der Waals surface area contributed by atoms with Crippen LogP contribution in [0.5, 0.6) is 0 Å². The van der Waals surface area contributed by atoms with Crippen LogP contribution in [-0.4, -0.2) is 22.1 Å². The Hall–Kier alpha value is -1.82. The summed E-state index contributed by atoms with van der Waals surface area (Å²) in [6, 6.07) is 3.42. The van der Waals surface area contributed by atoms with Crippen molar-refractivity contribution in [1.82, 2.24) is 15.0 Å². The standard InChI is InChI=1S/C15H19F2N3O/c1-9(2)14-18-15(21-19-14)10(3)20(4)8-11-5-6-12(16)7-13(11)17/h5-7,9-10H,8H2,1-4H3/t10-/m1/s1. The van der Waals surface area contributed by atoms with Gasteiger partial charge in [0.2, 0.25) is 5.89 Å². The maximum Gasteiger partial charge on any atom is 0.243 e. The lowest BCUT2D eigenvalue weighted by Crippen LogP contribution is -2.22. The molecule has 2 rings (SSSR count). The van der Waals surface area contributed by atoms with Crippen molar-refractivity contribution >= 4 is 0 Å². The monoisotopic (exact) mass is 295 g/mol. The highest BCUT2D eigenvalue weighted by molar-refractivity contribution is 5.18. The minimum absolute atomic E-state index is 0.158. The number of benzene rings is 1. The highest BCUT2D eigenvalue weighted by Gasteiger charge is 2.20. The van der Waals surface area contributed by atoms with Crippen molar-refractivity contribution in [1.29, 1.82) is 0 Å². The summed E-state index contributed by atoms with van der Waals surface area (Å²) in [5, 5.41) is 3.92. The Kier molecular flexibility index (Phi) is 4.67. The normalized spacial score (nSPS) is 13.1. The Labute approximate surface area is 122 Å². The molecular weight excluding hydrogens is 276 g/mol. The van der Waals surface area contributed by atoms with E-state index in [-0.39, 0.29) is 12.0 Å². The van der Waals surface area contributed by atoms with Crippen molar-refractivity contribution in [2.24, 2.45) is 0 Å². The number of hydrogen-bond acceptors (Lipinski definition) is 4. The molecule has 0 saturated carbocycles. The second-order valence-electron chi connectivity index (χ2n) is 5.47. The zero-order valence-electron chi connectivity index (χ0n) is 12.6. The minimum Gasteiger partial charge on any atom is -0.338 e. The van der Waals surface area contributed by atoms with E-state index in [4.69, 9.17) is 4.52 Å². The SMILES string of the molecule is CC(C)c1noc([C@@H](C)N(C)Cc2ccc(F)cc2F)n1. The van der Waals surface area contributed by atoms with Crippen LogP contribution in [0.15, 0.2) is 22.7 Å². The first kappa shape index (κ1) is 15.6. The number of aromatic nitrogens is 2. The zero-order chi connectivity index (χ0) is 15.6. The summed E-state index contributed by atoms with van der Waals surface area (Å²) in [7, 11) is 1.83. The summed E-state index contributed by atoms with van der Waals surface area (Å²) < 4.78 is 31.8. The van der Waals surface area contributed by atoms with Gasteiger partial charge in [0.25, 0.3) is 0 Å². The van der Waals surface area contributed by atoms with Crippen LogP contribution in [0.1, 0.15) is 50.0 Å². The molecule has 6 heteroatoms. The molecule has 0 N–H and O–H groups in total. The van der Waals surface area contributed by atoms with Gasteiger partial charge in [0.15, 0.2) is 5.82 Å². The van der Waals surface area contributed by atoms with Crippen molar-refractivity contribution in [2.75, 3.05) is 7.05 Å². The molecule has 0 aliphatic carbocycles. The third-order valence-corrected chi connectivity index (χ3v) is 3.43. The maximum atomic E-state index is 13.7. The molecule has 0 spiro atoms. The van der Waals surface area contributed by atoms with Gasteiger partial charge in [-0.1, -0.05) is 25.1 Å². The molecule has 1 atom stereocenters.